The highest BCUT2D eigenvalue weighted by Gasteiger charge is 2.16. The van der Waals surface area contributed by atoms with Gasteiger partial charge in [-0.05, 0) is 41.8 Å². The van der Waals surface area contributed by atoms with Gasteiger partial charge in [-0.25, -0.2) is 4.79 Å². The van der Waals surface area contributed by atoms with E-state index in [4.69, 9.17) is 13.9 Å². The Hall–Kier alpha value is -3.41. The van der Waals surface area contributed by atoms with Crippen molar-refractivity contribution in [3.05, 3.63) is 83.8 Å². The van der Waals surface area contributed by atoms with Crippen LogP contribution in [-0.4, -0.2) is 24.3 Å². The van der Waals surface area contributed by atoms with Crippen LogP contribution in [0.25, 0.3) is 0 Å². The first-order valence-corrected chi connectivity index (χ1v) is 9.25. The van der Waals surface area contributed by atoms with Crippen molar-refractivity contribution in [2.75, 3.05) is 13.3 Å². The first-order chi connectivity index (χ1) is 13.8. The monoisotopic (exact) mass is 378 g/mol. The highest BCUT2D eigenvalue weighted by molar-refractivity contribution is 5.74. The van der Waals surface area contributed by atoms with Crippen molar-refractivity contribution in [1.82, 2.24) is 10.2 Å². The van der Waals surface area contributed by atoms with Gasteiger partial charge < -0.3 is 24.1 Å². The van der Waals surface area contributed by atoms with Crippen LogP contribution in [0.4, 0.5) is 4.79 Å². The Balaban J connectivity index is 1.36. The molecule has 6 nitrogen and oxygen atoms in total. The molecule has 1 aliphatic rings. The molecule has 1 N–H and O–H groups in total. The van der Waals surface area contributed by atoms with Crippen LogP contribution in [0, 0.1) is 0 Å². The molecule has 0 saturated heterocycles. The molecule has 1 aliphatic heterocycles. The van der Waals surface area contributed by atoms with Gasteiger partial charge in [-0.15, -0.1) is 0 Å². The molecule has 2 heterocycles. The SMILES string of the molecule is O=C(NCCc1ccc2c(c1)OCO2)N(Cc1ccccc1)Cc1ccco1. The lowest BCUT2D eigenvalue weighted by Crippen LogP contribution is -2.39. The third kappa shape index (κ3) is 4.46. The smallest absolute Gasteiger partial charge is 0.318 e. The predicted molar refractivity (Wildman–Crippen MR) is 104 cm³/mol. The van der Waals surface area contributed by atoms with E-state index in [1.807, 2.05) is 60.7 Å². The van der Waals surface area contributed by atoms with Crippen LogP contribution >= 0.6 is 0 Å². The number of carbonyl (C=O) groups is 1. The number of rotatable bonds is 7. The fourth-order valence-electron chi connectivity index (χ4n) is 3.12. The fraction of sp³-hybridized carbons (Fsp3) is 0.227. The second kappa shape index (κ2) is 8.52. The summed E-state index contributed by atoms with van der Waals surface area (Å²) in [5.41, 5.74) is 2.16. The third-order valence-corrected chi connectivity index (χ3v) is 4.56. The van der Waals surface area contributed by atoms with Gasteiger partial charge in [0.2, 0.25) is 6.79 Å². The summed E-state index contributed by atoms with van der Waals surface area (Å²) in [7, 11) is 0. The molecule has 144 valence electrons. The number of fused-ring (bicyclic) bond motifs is 1. The lowest BCUT2D eigenvalue weighted by Gasteiger charge is -2.22. The van der Waals surface area contributed by atoms with Gasteiger partial charge in [0.05, 0.1) is 12.8 Å². The van der Waals surface area contributed by atoms with Crippen LogP contribution in [0.2, 0.25) is 0 Å². The quantitative estimate of drug-likeness (QED) is 0.676. The van der Waals surface area contributed by atoms with E-state index in [9.17, 15) is 4.79 Å². The second-order valence-corrected chi connectivity index (χ2v) is 6.59. The fourth-order valence-corrected chi connectivity index (χ4v) is 3.12. The molecule has 28 heavy (non-hydrogen) atoms. The van der Waals surface area contributed by atoms with Gasteiger partial charge in [0.15, 0.2) is 11.5 Å². The minimum atomic E-state index is -0.124. The number of hydrogen-bond donors (Lipinski definition) is 1. The zero-order valence-corrected chi connectivity index (χ0v) is 15.5. The van der Waals surface area contributed by atoms with Gasteiger partial charge in [0.1, 0.15) is 5.76 Å². The lowest BCUT2D eigenvalue weighted by molar-refractivity contribution is 0.174. The van der Waals surface area contributed by atoms with E-state index in [-0.39, 0.29) is 12.8 Å². The number of ether oxygens (including phenoxy) is 2. The van der Waals surface area contributed by atoms with Crippen molar-refractivity contribution in [1.29, 1.82) is 0 Å². The third-order valence-electron chi connectivity index (χ3n) is 4.56. The molecule has 0 radical (unpaired) electrons. The Bertz CT molecular complexity index is 910. The Morgan fingerprint density at radius 1 is 0.929 bits per heavy atom. The summed E-state index contributed by atoms with van der Waals surface area (Å²) in [6.45, 7) is 1.72. The topological polar surface area (TPSA) is 63.9 Å². The molecule has 0 saturated carbocycles. The summed E-state index contributed by atoms with van der Waals surface area (Å²) in [4.78, 5) is 14.5. The molecule has 0 fully saturated rings. The van der Waals surface area contributed by atoms with Gasteiger partial charge in [0, 0.05) is 13.1 Å². The number of carbonyl (C=O) groups excluding carboxylic acids is 1. The van der Waals surface area contributed by atoms with E-state index in [1.165, 1.54) is 0 Å². The van der Waals surface area contributed by atoms with E-state index >= 15 is 0 Å². The lowest BCUT2D eigenvalue weighted by atomic mass is 10.1. The van der Waals surface area contributed by atoms with Gasteiger partial charge >= 0.3 is 6.03 Å². The Labute approximate surface area is 163 Å². The number of furan rings is 1. The molecule has 0 aliphatic carbocycles. The molecule has 0 bridgehead atoms. The molecule has 2 amide bonds. The zero-order valence-electron chi connectivity index (χ0n) is 15.5. The van der Waals surface area contributed by atoms with E-state index in [0.29, 0.717) is 26.1 Å². The summed E-state index contributed by atoms with van der Waals surface area (Å²) in [5.74, 6) is 2.27. The molecule has 0 atom stereocenters. The van der Waals surface area contributed by atoms with E-state index in [1.54, 1.807) is 11.2 Å². The van der Waals surface area contributed by atoms with Gasteiger partial charge in [-0.2, -0.15) is 0 Å². The number of amides is 2. The predicted octanol–water partition coefficient (Wildman–Crippen LogP) is 3.96. The van der Waals surface area contributed by atoms with Crippen molar-refractivity contribution < 1.29 is 18.7 Å². The maximum atomic E-state index is 12.8. The van der Waals surface area contributed by atoms with Crippen molar-refractivity contribution in [3.63, 3.8) is 0 Å². The minimum Gasteiger partial charge on any atom is -0.467 e. The number of hydrogen-bond acceptors (Lipinski definition) is 4. The largest absolute Gasteiger partial charge is 0.467 e. The maximum absolute atomic E-state index is 12.8. The standard InChI is InChI=1S/C22H22N2O4/c25-22(23-11-10-17-8-9-20-21(13-17)28-16-27-20)24(15-19-7-4-12-26-19)14-18-5-2-1-3-6-18/h1-9,12-13H,10-11,14-16H2,(H,23,25). The Morgan fingerprint density at radius 3 is 2.61 bits per heavy atom. The highest BCUT2D eigenvalue weighted by atomic mass is 16.7. The first kappa shape index (κ1) is 18.0. The van der Waals surface area contributed by atoms with Crippen molar-refractivity contribution in [3.8, 4) is 11.5 Å². The molecule has 6 heteroatoms. The average Bonchev–Trinajstić information content (AvgIpc) is 3.39. The van der Waals surface area contributed by atoms with Gasteiger partial charge in [-0.3, -0.25) is 0 Å². The van der Waals surface area contributed by atoms with Crippen LogP contribution in [0.1, 0.15) is 16.9 Å². The van der Waals surface area contributed by atoms with Gasteiger partial charge in [0.25, 0.3) is 0 Å². The normalized spacial score (nSPS) is 12.0. The number of nitrogens with one attached hydrogen (secondary N) is 1. The second-order valence-electron chi connectivity index (χ2n) is 6.59. The van der Waals surface area contributed by atoms with Gasteiger partial charge in [-0.1, -0.05) is 36.4 Å². The Kier molecular flexibility index (Phi) is 5.47. The van der Waals surface area contributed by atoms with Crippen LogP contribution in [0.5, 0.6) is 11.5 Å². The number of nitrogens with zero attached hydrogens (tertiary/aromatic N) is 1. The molecule has 0 unspecified atom stereocenters. The van der Waals surface area contributed by atoms with Crippen LogP contribution < -0.4 is 14.8 Å². The van der Waals surface area contributed by atoms with E-state index in [0.717, 1.165) is 28.4 Å². The molecule has 4 rings (SSSR count). The molecule has 0 spiro atoms. The van der Waals surface area contributed by atoms with Crippen LogP contribution in [0.3, 0.4) is 0 Å². The number of benzene rings is 2. The number of urea groups is 1. The summed E-state index contributed by atoms with van der Waals surface area (Å²) >= 11 is 0. The average molecular weight is 378 g/mol. The zero-order chi connectivity index (χ0) is 19.2. The summed E-state index contributed by atoms with van der Waals surface area (Å²) in [6.07, 6.45) is 2.33. The Morgan fingerprint density at radius 2 is 1.79 bits per heavy atom. The van der Waals surface area contributed by atoms with Crippen molar-refractivity contribution in [2.24, 2.45) is 0 Å². The van der Waals surface area contributed by atoms with Crippen molar-refractivity contribution >= 4 is 6.03 Å². The molecular weight excluding hydrogens is 356 g/mol. The maximum Gasteiger partial charge on any atom is 0.318 e. The molecule has 3 aromatic rings. The van der Waals surface area contributed by atoms with Crippen LogP contribution in [-0.2, 0) is 19.5 Å². The van der Waals surface area contributed by atoms with Crippen LogP contribution in [0.15, 0.2) is 71.3 Å². The van der Waals surface area contributed by atoms with E-state index in [2.05, 4.69) is 5.32 Å². The van der Waals surface area contributed by atoms with Crippen molar-refractivity contribution in [2.45, 2.75) is 19.5 Å². The van der Waals surface area contributed by atoms with E-state index < -0.39 is 0 Å². The molecule has 2 aromatic carbocycles. The first-order valence-electron chi connectivity index (χ1n) is 9.25. The minimum absolute atomic E-state index is 0.124. The summed E-state index contributed by atoms with van der Waals surface area (Å²) < 4.78 is 16.1. The summed E-state index contributed by atoms with van der Waals surface area (Å²) in [6, 6.07) is 19.3. The highest BCUT2D eigenvalue weighted by Crippen LogP contribution is 2.32. The summed E-state index contributed by atoms with van der Waals surface area (Å²) in [5, 5.41) is 3.00. The molecular formula is C22H22N2O4. The molecule has 1 aromatic heterocycles.